The molecule has 2 aromatic rings. The third-order valence-corrected chi connectivity index (χ3v) is 7.53. The summed E-state index contributed by atoms with van der Waals surface area (Å²) >= 11 is 5.92. The van der Waals surface area contributed by atoms with Crippen LogP contribution < -0.4 is 4.31 Å². The molecule has 2 aromatic carbocycles. The minimum Gasteiger partial charge on any atom is -0.341 e. The van der Waals surface area contributed by atoms with Gasteiger partial charge in [0.05, 0.1) is 10.6 Å². The molecule has 1 fully saturated rings. The predicted octanol–water partition coefficient (Wildman–Crippen LogP) is 4.63. The number of carbonyl (C=O) groups excluding carboxylic acids is 1. The average Bonchev–Trinajstić information content (AvgIpc) is 2.72. The number of likely N-dealkylation sites (N-methyl/N-ethyl adjacent to an activating group) is 1. The van der Waals surface area contributed by atoms with Crippen molar-refractivity contribution in [2.24, 2.45) is 0 Å². The molecule has 0 N–H and O–H groups in total. The smallest absolute Gasteiger partial charge is 0.264 e. The first-order valence-corrected chi connectivity index (χ1v) is 11.7. The molecule has 0 aromatic heterocycles. The lowest BCUT2D eigenvalue weighted by molar-refractivity contribution is -0.130. The van der Waals surface area contributed by atoms with E-state index < -0.39 is 10.0 Å². The minimum absolute atomic E-state index is 0.108. The Bertz CT molecular complexity index is 954. The average molecular weight is 435 g/mol. The first-order chi connectivity index (χ1) is 13.8. The van der Waals surface area contributed by atoms with Crippen LogP contribution in [-0.2, 0) is 14.8 Å². The summed E-state index contributed by atoms with van der Waals surface area (Å²) in [4.78, 5) is 14.9. The maximum absolute atomic E-state index is 13.4. The Labute approximate surface area is 178 Å². The van der Waals surface area contributed by atoms with Gasteiger partial charge in [-0.25, -0.2) is 8.42 Å². The number of hydrogen-bond donors (Lipinski definition) is 0. The lowest BCUT2D eigenvalue weighted by atomic mass is 9.94. The van der Waals surface area contributed by atoms with Crippen LogP contribution in [0.5, 0.6) is 0 Å². The van der Waals surface area contributed by atoms with Gasteiger partial charge in [0.15, 0.2) is 0 Å². The van der Waals surface area contributed by atoms with Crippen molar-refractivity contribution >= 4 is 33.2 Å². The number of carbonyl (C=O) groups is 1. The van der Waals surface area contributed by atoms with Gasteiger partial charge in [-0.2, -0.15) is 0 Å². The number of anilines is 1. The number of nitrogens with zero attached hydrogens (tertiary/aromatic N) is 2. The summed E-state index contributed by atoms with van der Waals surface area (Å²) in [6, 6.07) is 13.4. The third-order valence-electron chi connectivity index (χ3n) is 5.49. The minimum atomic E-state index is -3.92. The van der Waals surface area contributed by atoms with E-state index in [1.165, 1.54) is 22.9 Å². The van der Waals surface area contributed by atoms with Crippen molar-refractivity contribution in [1.82, 2.24) is 4.90 Å². The molecule has 0 spiro atoms. The van der Waals surface area contributed by atoms with E-state index in [1.807, 2.05) is 13.0 Å². The van der Waals surface area contributed by atoms with Crippen molar-refractivity contribution < 1.29 is 13.2 Å². The van der Waals surface area contributed by atoms with Gasteiger partial charge in [0.2, 0.25) is 5.91 Å². The van der Waals surface area contributed by atoms with E-state index in [4.69, 9.17) is 11.6 Å². The largest absolute Gasteiger partial charge is 0.341 e. The van der Waals surface area contributed by atoms with Crippen molar-refractivity contribution in [3.8, 4) is 0 Å². The number of sulfonamides is 1. The molecule has 0 bridgehead atoms. The molecule has 0 aliphatic heterocycles. The van der Waals surface area contributed by atoms with Gasteiger partial charge < -0.3 is 4.90 Å². The second-order valence-corrected chi connectivity index (χ2v) is 9.90. The zero-order valence-electron chi connectivity index (χ0n) is 16.8. The van der Waals surface area contributed by atoms with Gasteiger partial charge in [-0.3, -0.25) is 9.10 Å². The second kappa shape index (κ2) is 9.18. The molecule has 0 atom stereocenters. The van der Waals surface area contributed by atoms with Crippen LogP contribution >= 0.6 is 11.6 Å². The van der Waals surface area contributed by atoms with Crippen LogP contribution in [0.2, 0.25) is 5.02 Å². The lowest BCUT2D eigenvalue weighted by Crippen LogP contribution is -2.46. The highest BCUT2D eigenvalue weighted by Crippen LogP contribution is 2.27. The van der Waals surface area contributed by atoms with E-state index in [0.29, 0.717) is 10.7 Å². The van der Waals surface area contributed by atoms with Crippen LogP contribution in [0.25, 0.3) is 0 Å². The summed E-state index contributed by atoms with van der Waals surface area (Å²) < 4.78 is 28.0. The van der Waals surface area contributed by atoms with Gasteiger partial charge >= 0.3 is 0 Å². The highest BCUT2D eigenvalue weighted by Gasteiger charge is 2.30. The van der Waals surface area contributed by atoms with Crippen LogP contribution in [0.3, 0.4) is 0 Å². The van der Waals surface area contributed by atoms with Gasteiger partial charge in [-0.1, -0.05) is 43.0 Å². The van der Waals surface area contributed by atoms with Gasteiger partial charge in [0.1, 0.15) is 6.54 Å². The van der Waals surface area contributed by atoms with E-state index in [2.05, 4.69) is 0 Å². The van der Waals surface area contributed by atoms with E-state index in [1.54, 1.807) is 42.3 Å². The maximum atomic E-state index is 13.4. The summed E-state index contributed by atoms with van der Waals surface area (Å²) in [5, 5.41) is 0.458. The molecule has 29 heavy (non-hydrogen) atoms. The fourth-order valence-corrected chi connectivity index (χ4v) is 5.27. The number of halogens is 1. The van der Waals surface area contributed by atoms with E-state index in [0.717, 1.165) is 31.2 Å². The van der Waals surface area contributed by atoms with Crippen LogP contribution in [-0.4, -0.2) is 38.9 Å². The zero-order valence-corrected chi connectivity index (χ0v) is 18.4. The molecule has 0 heterocycles. The Morgan fingerprint density at radius 2 is 1.72 bits per heavy atom. The summed E-state index contributed by atoms with van der Waals surface area (Å²) in [5.41, 5.74) is 1.40. The Morgan fingerprint density at radius 3 is 2.34 bits per heavy atom. The molecule has 3 rings (SSSR count). The lowest BCUT2D eigenvalue weighted by Gasteiger charge is -2.33. The summed E-state index contributed by atoms with van der Waals surface area (Å²) in [7, 11) is -2.14. The topological polar surface area (TPSA) is 57.7 Å². The van der Waals surface area contributed by atoms with Crippen LogP contribution in [0.15, 0.2) is 53.4 Å². The number of aryl methyl sites for hydroxylation is 1. The first kappa shape index (κ1) is 21.7. The Morgan fingerprint density at radius 1 is 1.07 bits per heavy atom. The highest BCUT2D eigenvalue weighted by atomic mass is 35.5. The summed E-state index contributed by atoms with van der Waals surface area (Å²) in [6.45, 7) is 1.66. The monoisotopic (exact) mass is 434 g/mol. The molecule has 0 unspecified atom stereocenters. The first-order valence-electron chi connectivity index (χ1n) is 9.89. The molecular weight excluding hydrogens is 408 g/mol. The highest BCUT2D eigenvalue weighted by molar-refractivity contribution is 7.92. The number of rotatable bonds is 6. The van der Waals surface area contributed by atoms with Gasteiger partial charge in [0, 0.05) is 18.1 Å². The normalized spacial score (nSPS) is 15.1. The molecule has 1 amide bonds. The van der Waals surface area contributed by atoms with Crippen LogP contribution in [0, 0.1) is 6.92 Å². The molecule has 1 aliphatic carbocycles. The summed E-state index contributed by atoms with van der Waals surface area (Å²) in [6.07, 6.45) is 5.34. The SMILES string of the molecule is Cc1cccc(N(CC(=O)N(C)C2CCCCC2)S(=O)(=O)c2ccc(Cl)cc2)c1. The van der Waals surface area contributed by atoms with Gasteiger partial charge in [-0.15, -0.1) is 0 Å². The Hall–Kier alpha value is -2.05. The van der Waals surface area contributed by atoms with Crippen LogP contribution in [0.4, 0.5) is 5.69 Å². The van der Waals surface area contributed by atoms with Gasteiger partial charge in [-0.05, 0) is 61.7 Å². The molecule has 5 nitrogen and oxygen atoms in total. The second-order valence-electron chi connectivity index (χ2n) is 7.60. The standard InChI is InChI=1S/C22H27ClN2O3S/c1-17-7-6-10-20(15-17)25(29(27,28)21-13-11-18(23)12-14-21)16-22(26)24(2)19-8-4-3-5-9-19/h6-7,10-15,19H,3-5,8-9,16H2,1-2H3. The van der Waals surface area contributed by atoms with E-state index >= 15 is 0 Å². The predicted molar refractivity (Wildman–Crippen MR) is 117 cm³/mol. The Balaban J connectivity index is 1.93. The van der Waals surface area contributed by atoms with Crippen molar-refractivity contribution in [1.29, 1.82) is 0 Å². The molecule has 0 saturated heterocycles. The molecule has 0 radical (unpaired) electrons. The Kier molecular flexibility index (Phi) is 6.85. The number of hydrogen-bond acceptors (Lipinski definition) is 3. The molecule has 7 heteroatoms. The molecule has 1 saturated carbocycles. The fourth-order valence-electron chi connectivity index (χ4n) is 3.74. The van der Waals surface area contributed by atoms with Crippen molar-refractivity contribution in [3.63, 3.8) is 0 Å². The number of benzene rings is 2. The van der Waals surface area contributed by atoms with E-state index in [9.17, 15) is 13.2 Å². The van der Waals surface area contributed by atoms with Crippen molar-refractivity contribution in [3.05, 3.63) is 59.1 Å². The molecule has 1 aliphatic rings. The van der Waals surface area contributed by atoms with Crippen LogP contribution in [0.1, 0.15) is 37.7 Å². The van der Waals surface area contributed by atoms with E-state index in [-0.39, 0.29) is 23.4 Å². The quantitative estimate of drug-likeness (QED) is 0.665. The fraction of sp³-hybridized carbons (Fsp3) is 0.409. The maximum Gasteiger partial charge on any atom is 0.264 e. The molecular formula is C22H27ClN2O3S. The third kappa shape index (κ3) is 5.11. The van der Waals surface area contributed by atoms with Crippen molar-refractivity contribution in [2.75, 3.05) is 17.9 Å². The molecule has 156 valence electrons. The van der Waals surface area contributed by atoms with Gasteiger partial charge in [0.25, 0.3) is 10.0 Å². The van der Waals surface area contributed by atoms with Crippen molar-refractivity contribution in [2.45, 2.75) is 50.0 Å². The number of amides is 1. The summed E-state index contributed by atoms with van der Waals surface area (Å²) in [5.74, 6) is -0.198. The zero-order chi connectivity index (χ0) is 21.0.